The average molecular weight is 800 g/mol. The quantitative estimate of drug-likeness (QED) is 0.162. The zero-order valence-electron chi connectivity index (χ0n) is 34.6. The molecule has 294 valence electrons. The van der Waals surface area contributed by atoms with E-state index in [1.165, 1.54) is 94.7 Å². The van der Waals surface area contributed by atoms with Gasteiger partial charge in [0.25, 0.3) is 0 Å². The summed E-state index contributed by atoms with van der Waals surface area (Å²) in [4.78, 5) is 2.63. The van der Waals surface area contributed by atoms with Gasteiger partial charge in [-0.3, -0.25) is 0 Å². The summed E-state index contributed by atoms with van der Waals surface area (Å²) in [5.74, 6) is 0. The SMILES string of the molecule is c1ccc(-c2ccccc2N(c2cccc3c2-c2ccccc2C3(c2ccccc2)c2ccccc2)c2cccc3c2C2(c4ccccc4-c4ccccc42)c2ccccc2-3)cc1. The van der Waals surface area contributed by atoms with Gasteiger partial charge < -0.3 is 4.90 Å². The molecule has 3 aliphatic carbocycles. The van der Waals surface area contributed by atoms with E-state index in [1.807, 2.05) is 0 Å². The maximum absolute atomic E-state index is 2.63. The third kappa shape index (κ3) is 4.77. The molecule has 0 N–H and O–H groups in total. The fourth-order valence-corrected chi connectivity index (χ4v) is 11.9. The lowest BCUT2D eigenvalue weighted by Crippen LogP contribution is -2.29. The van der Waals surface area contributed by atoms with Crippen molar-refractivity contribution >= 4 is 17.1 Å². The molecule has 63 heavy (non-hydrogen) atoms. The lowest BCUT2D eigenvalue weighted by Gasteiger charge is -2.37. The van der Waals surface area contributed by atoms with E-state index in [9.17, 15) is 0 Å². The normalized spacial score (nSPS) is 14.0. The molecular formula is C62H41N. The van der Waals surface area contributed by atoms with Gasteiger partial charge in [0.05, 0.1) is 27.9 Å². The molecule has 0 bridgehead atoms. The van der Waals surface area contributed by atoms with Gasteiger partial charge in [-0.25, -0.2) is 0 Å². The van der Waals surface area contributed by atoms with Crippen LogP contribution in [0.25, 0.3) is 44.5 Å². The van der Waals surface area contributed by atoms with Gasteiger partial charge in [0, 0.05) is 16.7 Å². The minimum atomic E-state index is -0.552. The Bertz CT molecular complexity index is 3300. The number of hydrogen-bond acceptors (Lipinski definition) is 1. The third-order valence-electron chi connectivity index (χ3n) is 14.2. The van der Waals surface area contributed by atoms with Crippen LogP contribution in [0, 0.1) is 0 Å². The molecule has 0 amide bonds. The Morgan fingerprint density at radius 1 is 0.238 bits per heavy atom. The molecule has 0 radical (unpaired) electrons. The van der Waals surface area contributed by atoms with E-state index >= 15 is 0 Å². The molecule has 3 aliphatic rings. The highest BCUT2D eigenvalue weighted by molar-refractivity contribution is 6.04. The molecule has 10 aromatic rings. The Morgan fingerprint density at radius 3 is 1.21 bits per heavy atom. The van der Waals surface area contributed by atoms with Gasteiger partial charge in [0.1, 0.15) is 0 Å². The van der Waals surface area contributed by atoms with Crippen LogP contribution in [0.1, 0.15) is 44.5 Å². The molecular weight excluding hydrogens is 759 g/mol. The molecule has 0 heterocycles. The smallest absolute Gasteiger partial charge is 0.0746 e. The number of hydrogen-bond donors (Lipinski definition) is 0. The topological polar surface area (TPSA) is 3.24 Å². The molecule has 0 saturated heterocycles. The van der Waals surface area contributed by atoms with Crippen LogP contribution in [-0.4, -0.2) is 0 Å². The van der Waals surface area contributed by atoms with Crippen LogP contribution in [-0.2, 0) is 10.8 Å². The van der Waals surface area contributed by atoms with Crippen LogP contribution in [0.5, 0.6) is 0 Å². The number of fused-ring (bicyclic) bond motifs is 13. The molecule has 0 atom stereocenters. The predicted octanol–water partition coefficient (Wildman–Crippen LogP) is 15.5. The first kappa shape index (κ1) is 35.7. The summed E-state index contributed by atoms with van der Waals surface area (Å²) in [6.45, 7) is 0. The van der Waals surface area contributed by atoms with Crippen LogP contribution in [0.4, 0.5) is 17.1 Å². The largest absolute Gasteiger partial charge is 0.309 e. The van der Waals surface area contributed by atoms with Crippen molar-refractivity contribution in [3.8, 4) is 44.5 Å². The summed E-state index contributed by atoms with van der Waals surface area (Å²) in [6.07, 6.45) is 0. The molecule has 1 nitrogen and oxygen atoms in total. The third-order valence-corrected chi connectivity index (χ3v) is 14.2. The lowest BCUT2D eigenvalue weighted by molar-refractivity contribution is 0.768. The molecule has 0 fully saturated rings. The van der Waals surface area contributed by atoms with Gasteiger partial charge in [-0.15, -0.1) is 0 Å². The van der Waals surface area contributed by atoms with Gasteiger partial charge in [-0.2, -0.15) is 0 Å². The second kappa shape index (κ2) is 13.8. The highest BCUT2D eigenvalue weighted by Gasteiger charge is 2.54. The Hall–Kier alpha value is -8.00. The standard InChI is InChI=1S/C62H41N/c1-4-22-42(23-5-1)45-28-14-19-39-56(45)63(57-40-21-38-55-59(57)50-32-13-18-37-54(50)61(55,43-24-6-2-7-25-43)44-26-8-3-9-27-44)58-41-20-33-49-48-31-12-17-36-53(48)62(60(49)58)51-34-15-10-29-46(51)47-30-11-16-35-52(47)62/h1-41H. The van der Waals surface area contributed by atoms with Gasteiger partial charge in [-0.05, 0) is 90.5 Å². The maximum atomic E-state index is 2.63. The molecule has 0 saturated carbocycles. The Kier molecular flexibility index (Phi) is 7.80. The second-order valence-electron chi connectivity index (χ2n) is 17.0. The maximum Gasteiger partial charge on any atom is 0.0746 e. The minimum absolute atomic E-state index is 0.547. The van der Waals surface area contributed by atoms with Crippen LogP contribution in [0.3, 0.4) is 0 Å². The first-order valence-electron chi connectivity index (χ1n) is 22.0. The minimum Gasteiger partial charge on any atom is -0.309 e. The molecule has 0 unspecified atom stereocenters. The van der Waals surface area contributed by atoms with E-state index < -0.39 is 10.8 Å². The molecule has 1 heteroatoms. The van der Waals surface area contributed by atoms with Crippen molar-refractivity contribution in [3.63, 3.8) is 0 Å². The van der Waals surface area contributed by atoms with Crippen molar-refractivity contribution in [2.24, 2.45) is 0 Å². The zero-order chi connectivity index (χ0) is 41.5. The van der Waals surface area contributed by atoms with Crippen molar-refractivity contribution in [1.29, 1.82) is 0 Å². The van der Waals surface area contributed by atoms with Gasteiger partial charge in [0.15, 0.2) is 0 Å². The van der Waals surface area contributed by atoms with Gasteiger partial charge in [-0.1, -0.05) is 231 Å². The fourth-order valence-electron chi connectivity index (χ4n) is 11.9. The predicted molar refractivity (Wildman–Crippen MR) is 260 cm³/mol. The lowest BCUT2D eigenvalue weighted by atomic mass is 9.67. The van der Waals surface area contributed by atoms with Gasteiger partial charge >= 0.3 is 0 Å². The summed E-state index contributed by atoms with van der Waals surface area (Å²) in [5, 5.41) is 0. The fraction of sp³-hybridized carbons (Fsp3) is 0.0323. The van der Waals surface area contributed by atoms with E-state index in [0.717, 1.165) is 11.4 Å². The van der Waals surface area contributed by atoms with Crippen LogP contribution < -0.4 is 4.90 Å². The first-order chi connectivity index (χ1) is 31.3. The van der Waals surface area contributed by atoms with Crippen LogP contribution in [0.15, 0.2) is 249 Å². The summed E-state index contributed by atoms with van der Waals surface area (Å²) < 4.78 is 0. The Morgan fingerprint density at radius 2 is 0.619 bits per heavy atom. The molecule has 1 spiro atoms. The van der Waals surface area contributed by atoms with Crippen molar-refractivity contribution in [1.82, 2.24) is 0 Å². The van der Waals surface area contributed by atoms with Gasteiger partial charge in [0.2, 0.25) is 0 Å². The summed E-state index contributed by atoms with van der Waals surface area (Å²) in [7, 11) is 0. The van der Waals surface area contributed by atoms with E-state index in [0.29, 0.717) is 0 Å². The van der Waals surface area contributed by atoms with E-state index in [-0.39, 0.29) is 0 Å². The summed E-state index contributed by atoms with van der Waals surface area (Å²) in [5.41, 5.74) is 22.7. The number of nitrogens with zero attached hydrogens (tertiary/aromatic N) is 1. The summed E-state index contributed by atoms with van der Waals surface area (Å²) >= 11 is 0. The van der Waals surface area contributed by atoms with Crippen molar-refractivity contribution < 1.29 is 0 Å². The number of para-hydroxylation sites is 1. The Labute approximate surface area is 368 Å². The second-order valence-corrected chi connectivity index (χ2v) is 17.0. The molecule has 0 aliphatic heterocycles. The molecule has 10 aromatic carbocycles. The van der Waals surface area contributed by atoms with E-state index in [1.54, 1.807) is 0 Å². The highest BCUT2D eigenvalue weighted by atomic mass is 15.2. The number of rotatable bonds is 6. The first-order valence-corrected chi connectivity index (χ1v) is 22.0. The monoisotopic (exact) mass is 799 g/mol. The number of anilines is 3. The van der Waals surface area contributed by atoms with E-state index in [4.69, 9.17) is 0 Å². The van der Waals surface area contributed by atoms with Crippen molar-refractivity contribution in [3.05, 3.63) is 293 Å². The van der Waals surface area contributed by atoms with Crippen LogP contribution >= 0.6 is 0 Å². The van der Waals surface area contributed by atoms with E-state index in [2.05, 4.69) is 254 Å². The highest BCUT2D eigenvalue weighted by Crippen LogP contribution is 2.67. The van der Waals surface area contributed by atoms with Crippen molar-refractivity contribution in [2.75, 3.05) is 4.90 Å². The summed E-state index contributed by atoms with van der Waals surface area (Å²) in [6, 6.07) is 92.8. The molecule has 0 aromatic heterocycles. The van der Waals surface area contributed by atoms with Crippen LogP contribution in [0.2, 0.25) is 0 Å². The average Bonchev–Trinajstić information content (AvgIpc) is 3.96. The molecule has 13 rings (SSSR count). The number of benzene rings is 10. The Balaban J connectivity index is 1.19. The van der Waals surface area contributed by atoms with Crippen molar-refractivity contribution in [2.45, 2.75) is 10.8 Å². The zero-order valence-corrected chi connectivity index (χ0v) is 34.6.